The van der Waals surface area contributed by atoms with Crippen molar-refractivity contribution in [1.29, 1.82) is 0 Å². The predicted molar refractivity (Wildman–Crippen MR) is 253 cm³/mol. The van der Waals surface area contributed by atoms with Crippen LogP contribution in [0.5, 0.6) is 0 Å². The topological polar surface area (TPSA) is 104 Å². The first-order valence-corrected chi connectivity index (χ1v) is 26.1. The zero-order valence-corrected chi connectivity index (χ0v) is 38.7. The molecule has 0 aliphatic heterocycles. The van der Waals surface area contributed by atoms with Crippen LogP contribution in [0.3, 0.4) is 0 Å². The number of carbonyl (C=O) groups excluding carboxylic acids is 1. The smallest absolute Gasteiger partial charge is 0.267 e. The summed E-state index contributed by atoms with van der Waals surface area (Å²) in [6.07, 6.45) is 62.2. The first-order valence-electron chi connectivity index (χ1n) is 24.5. The van der Waals surface area contributed by atoms with E-state index in [4.69, 9.17) is 0 Å². The molecule has 0 aliphatic rings. The zero-order chi connectivity index (χ0) is 42.5. The van der Waals surface area contributed by atoms with E-state index in [1.165, 1.54) is 141 Å². The number of aliphatic hydroxyl groups excluding tert-OH is 1. The summed E-state index contributed by atoms with van der Waals surface area (Å²) in [5.74, 6) is -0.983. The first-order chi connectivity index (χ1) is 28.3. The van der Waals surface area contributed by atoms with Crippen LogP contribution < -0.4 is 5.32 Å². The Morgan fingerprint density at radius 1 is 0.483 bits per heavy atom. The highest BCUT2D eigenvalue weighted by Gasteiger charge is 2.24. The lowest BCUT2D eigenvalue weighted by molar-refractivity contribution is -0.122. The van der Waals surface area contributed by atoms with Gasteiger partial charge in [-0.15, -0.1) is 0 Å². The molecule has 0 aromatic carbocycles. The van der Waals surface area contributed by atoms with Gasteiger partial charge in [0.25, 0.3) is 10.1 Å². The molecule has 0 spiro atoms. The predicted octanol–water partition coefficient (Wildman–Crippen LogP) is 15.2. The molecular formula is C51H93NO5S. The molecule has 0 fully saturated rings. The van der Waals surface area contributed by atoms with E-state index in [0.29, 0.717) is 0 Å². The highest BCUT2D eigenvalue weighted by atomic mass is 32.2. The summed E-state index contributed by atoms with van der Waals surface area (Å²) >= 11 is 0. The van der Waals surface area contributed by atoms with Crippen LogP contribution in [-0.2, 0) is 14.9 Å². The van der Waals surface area contributed by atoms with Crippen LogP contribution in [-0.4, -0.2) is 41.9 Å². The number of hydrogen-bond donors (Lipinski definition) is 3. The fourth-order valence-corrected chi connectivity index (χ4v) is 8.06. The molecule has 0 radical (unpaired) electrons. The van der Waals surface area contributed by atoms with Crippen LogP contribution in [0.2, 0.25) is 0 Å². The van der Waals surface area contributed by atoms with Crippen molar-refractivity contribution in [3.05, 3.63) is 60.8 Å². The maximum Gasteiger partial charge on any atom is 0.267 e. The van der Waals surface area contributed by atoms with Crippen molar-refractivity contribution in [1.82, 2.24) is 5.32 Å². The van der Waals surface area contributed by atoms with Crippen LogP contribution in [0.25, 0.3) is 0 Å². The number of hydrogen-bond acceptors (Lipinski definition) is 4. The van der Waals surface area contributed by atoms with Gasteiger partial charge < -0.3 is 10.4 Å². The second-order valence-electron chi connectivity index (χ2n) is 16.7. The normalized spacial score (nSPS) is 13.7. The minimum absolute atomic E-state index is 0.283. The molecule has 6 nitrogen and oxygen atoms in total. The molecule has 58 heavy (non-hydrogen) atoms. The Hall–Kier alpha value is -1.96. The van der Waals surface area contributed by atoms with E-state index < -0.39 is 28.0 Å². The van der Waals surface area contributed by atoms with E-state index in [1.807, 2.05) is 6.08 Å². The molecule has 338 valence electrons. The average molecular weight is 832 g/mol. The molecule has 2 atom stereocenters. The SMILES string of the molecule is CC/C=C\C/C=C\C/C=C\C/C=C\CCCCCCCCCCCCC(=O)NC(CS(=O)(=O)O)C(O)/C=C/CCCCCCCCCCCCCCCCCCCC. The van der Waals surface area contributed by atoms with Crippen molar-refractivity contribution in [3.8, 4) is 0 Å². The number of amides is 1. The van der Waals surface area contributed by atoms with Gasteiger partial charge in [0.05, 0.1) is 17.9 Å². The monoisotopic (exact) mass is 832 g/mol. The Morgan fingerprint density at radius 2 is 0.828 bits per heavy atom. The fourth-order valence-electron chi connectivity index (χ4n) is 7.32. The van der Waals surface area contributed by atoms with E-state index in [0.717, 1.165) is 77.0 Å². The van der Waals surface area contributed by atoms with Crippen LogP contribution in [0, 0.1) is 0 Å². The molecule has 0 aliphatic carbocycles. The van der Waals surface area contributed by atoms with Gasteiger partial charge in [0, 0.05) is 6.42 Å². The highest BCUT2D eigenvalue weighted by Crippen LogP contribution is 2.16. The molecule has 0 bridgehead atoms. The van der Waals surface area contributed by atoms with Crippen molar-refractivity contribution in [2.45, 2.75) is 251 Å². The summed E-state index contributed by atoms with van der Waals surface area (Å²) < 4.78 is 32.7. The Labute approximate surface area is 360 Å². The second kappa shape index (κ2) is 44.6. The third-order valence-electron chi connectivity index (χ3n) is 10.9. The molecular weight excluding hydrogens is 739 g/mol. The summed E-state index contributed by atoms with van der Waals surface area (Å²) in [6, 6.07) is -1.06. The standard InChI is InChI=1S/C51H93NO5S/c1-3-5-7-9-11-13-15-17-19-21-23-25-26-27-29-31-33-35-37-39-41-43-45-47-51(54)52-49(48-58(55,56)57)50(53)46-44-42-40-38-36-34-32-30-28-24-22-20-18-16-14-12-10-8-6-4-2/h5,7,11,13,17,19,23,25,44,46,49-50,53H,3-4,6,8-10,12,14-16,18,20-22,24,26-43,45,47-48H2,1-2H3,(H,52,54)(H,55,56,57)/b7-5-,13-11-,19-17-,25-23-,46-44+. The number of nitrogens with one attached hydrogen (secondary N) is 1. The lowest BCUT2D eigenvalue weighted by atomic mass is 10.0. The molecule has 0 rings (SSSR count). The van der Waals surface area contributed by atoms with Gasteiger partial charge in [0.2, 0.25) is 5.91 Å². The molecule has 0 saturated carbocycles. The Kier molecular flexibility index (Phi) is 43.1. The average Bonchev–Trinajstić information content (AvgIpc) is 3.19. The van der Waals surface area contributed by atoms with E-state index >= 15 is 0 Å². The summed E-state index contributed by atoms with van der Waals surface area (Å²) in [5.41, 5.74) is 0. The maximum atomic E-state index is 12.6. The minimum Gasteiger partial charge on any atom is -0.387 e. The molecule has 7 heteroatoms. The Morgan fingerprint density at radius 3 is 1.22 bits per heavy atom. The first kappa shape index (κ1) is 56.0. The number of allylic oxidation sites excluding steroid dienone is 9. The summed E-state index contributed by atoms with van der Waals surface area (Å²) in [6.45, 7) is 4.43. The molecule has 0 heterocycles. The van der Waals surface area contributed by atoms with Gasteiger partial charge in [-0.3, -0.25) is 9.35 Å². The van der Waals surface area contributed by atoms with Gasteiger partial charge in [-0.25, -0.2) is 0 Å². The van der Waals surface area contributed by atoms with Crippen molar-refractivity contribution >= 4 is 16.0 Å². The van der Waals surface area contributed by atoms with Crippen LogP contribution >= 0.6 is 0 Å². The van der Waals surface area contributed by atoms with Gasteiger partial charge in [-0.1, -0.05) is 235 Å². The second-order valence-corrected chi connectivity index (χ2v) is 18.2. The molecule has 0 aromatic rings. The lowest BCUT2D eigenvalue weighted by Gasteiger charge is -2.21. The van der Waals surface area contributed by atoms with Gasteiger partial charge in [0.1, 0.15) is 0 Å². The lowest BCUT2D eigenvalue weighted by Crippen LogP contribution is -2.46. The largest absolute Gasteiger partial charge is 0.387 e. The van der Waals surface area contributed by atoms with Gasteiger partial charge in [0.15, 0.2) is 0 Å². The van der Waals surface area contributed by atoms with Gasteiger partial charge >= 0.3 is 0 Å². The highest BCUT2D eigenvalue weighted by molar-refractivity contribution is 7.85. The summed E-state index contributed by atoms with van der Waals surface area (Å²) in [7, 11) is -4.35. The fraction of sp³-hybridized carbons (Fsp3) is 0.784. The zero-order valence-electron chi connectivity index (χ0n) is 37.9. The van der Waals surface area contributed by atoms with Crippen LogP contribution in [0.4, 0.5) is 0 Å². The van der Waals surface area contributed by atoms with E-state index in [9.17, 15) is 22.9 Å². The number of rotatable bonds is 44. The van der Waals surface area contributed by atoms with Gasteiger partial charge in [-0.2, -0.15) is 8.42 Å². The summed E-state index contributed by atoms with van der Waals surface area (Å²) in [4.78, 5) is 12.6. The quantitative estimate of drug-likeness (QED) is 0.0322. The van der Waals surface area contributed by atoms with E-state index in [-0.39, 0.29) is 12.3 Å². The van der Waals surface area contributed by atoms with Crippen molar-refractivity contribution < 1.29 is 22.9 Å². The minimum atomic E-state index is -4.35. The molecule has 1 amide bonds. The van der Waals surface area contributed by atoms with Gasteiger partial charge in [-0.05, 0) is 57.8 Å². The maximum absolute atomic E-state index is 12.6. The molecule has 2 unspecified atom stereocenters. The number of unbranched alkanes of at least 4 members (excludes halogenated alkanes) is 28. The number of aliphatic hydroxyl groups is 1. The van der Waals surface area contributed by atoms with E-state index in [1.54, 1.807) is 6.08 Å². The Bertz CT molecular complexity index is 1140. The van der Waals surface area contributed by atoms with Crippen molar-refractivity contribution in [2.75, 3.05) is 5.75 Å². The molecule has 3 N–H and O–H groups in total. The molecule has 0 saturated heterocycles. The number of carbonyl (C=O) groups is 1. The van der Waals surface area contributed by atoms with Crippen molar-refractivity contribution in [2.24, 2.45) is 0 Å². The van der Waals surface area contributed by atoms with Crippen molar-refractivity contribution in [3.63, 3.8) is 0 Å². The van der Waals surface area contributed by atoms with E-state index in [2.05, 4.69) is 67.8 Å². The van der Waals surface area contributed by atoms with Crippen LogP contribution in [0.15, 0.2) is 60.8 Å². The van der Waals surface area contributed by atoms with Crippen LogP contribution in [0.1, 0.15) is 239 Å². The third kappa shape index (κ3) is 45.1. The summed E-state index contributed by atoms with van der Waals surface area (Å²) in [5, 5.41) is 13.3. The Balaban J connectivity index is 3.84. The molecule has 0 aromatic heterocycles. The third-order valence-corrected chi connectivity index (χ3v) is 11.7.